The van der Waals surface area contributed by atoms with Crippen molar-refractivity contribution in [1.82, 2.24) is 0 Å². The fourth-order valence-corrected chi connectivity index (χ4v) is 2.02. The maximum atomic E-state index is 11.1. The Labute approximate surface area is 107 Å². The van der Waals surface area contributed by atoms with E-state index in [0.29, 0.717) is 11.3 Å². The number of rotatable bonds is 3. The molecule has 0 saturated heterocycles. The first kappa shape index (κ1) is 12.1. The SMILES string of the molecule is C=Cc1cc(C)ccc1-c1ccc(N)cc1C=O. The number of nitrogen functional groups attached to an aromatic ring is 1. The van der Waals surface area contributed by atoms with Gasteiger partial charge in [-0.05, 0) is 35.7 Å². The Kier molecular flexibility index (Phi) is 3.28. The minimum atomic E-state index is 0.591. The molecule has 0 aromatic heterocycles. The van der Waals surface area contributed by atoms with Crippen LogP contribution in [0.4, 0.5) is 5.69 Å². The van der Waals surface area contributed by atoms with Gasteiger partial charge in [-0.1, -0.05) is 42.5 Å². The summed E-state index contributed by atoms with van der Waals surface area (Å²) < 4.78 is 0. The molecule has 0 heterocycles. The number of nitrogens with two attached hydrogens (primary N) is 1. The van der Waals surface area contributed by atoms with E-state index < -0.39 is 0 Å². The zero-order valence-corrected chi connectivity index (χ0v) is 10.3. The first-order chi connectivity index (χ1) is 8.65. The Balaban J connectivity index is 2.68. The van der Waals surface area contributed by atoms with Crippen LogP contribution in [-0.2, 0) is 0 Å². The van der Waals surface area contributed by atoms with Crippen LogP contribution in [0.1, 0.15) is 21.5 Å². The van der Waals surface area contributed by atoms with Crippen molar-refractivity contribution in [2.24, 2.45) is 0 Å². The van der Waals surface area contributed by atoms with Crippen LogP contribution < -0.4 is 5.73 Å². The van der Waals surface area contributed by atoms with Crippen molar-refractivity contribution in [1.29, 1.82) is 0 Å². The first-order valence-electron chi connectivity index (χ1n) is 5.74. The highest BCUT2D eigenvalue weighted by atomic mass is 16.1. The molecular weight excluding hydrogens is 222 g/mol. The summed E-state index contributed by atoms with van der Waals surface area (Å²) >= 11 is 0. The fraction of sp³-hybridized carbons (Fsp3) is 0.0625. The number of aldehydes is 1. The van der Waals surface area contributed by atoms with Crippen molar-refractivity contribution in [3.05, 3.63) is 59.7 Å². The van der Waals surface area contributed by atoms with E-state index in [4.69, 9.17) is 5.73 Å². The molecule has 2 N–H and O–H groups in total. The second-order valence-corrected chi connectivity index (χ2v) is 4.26. The third kappa shape index (κ3) is 2.18. The molecule has 0 amide bonds. The van der Waals surface area contributed by atoms with E-state index in [2.05, 4.69) is 6.58 Å². The van der Waals surface area contributed by atoms with Crippen LogP contribution in [0, 0.1) is 6.92 Å². The lowest BCUT2D eigenvalue weighted by molar-refractivity contribution is 0.112. The number of carbonyl (C=O) groups excluding carboxylic acids is 1. The summed E-state index contributed by atoms with van der Waals surface area (Å²) in [5.41, 5.74) is 10.9. The number of aryl methyl sites for hydroxylation is 1. The molecule has 0 unspecified atom stereocenters. The lowest BCUT2D eigenvalue weighted by Gasteiger charge is -2.10. The van der Waals surface area contributed by atoms with Gasteiger partial charge in [-0.2, -0.15) is 0 Å². The summed E-state index contributed by atoms with van der Waals surface area (Å²) in [7, 11) is 0. The highest BCUT2D eigenvalue weighted by molar-refractivity contribution is 5.91. The van der Waals surface area contributed by atoms with Crippen LogP contribution in [-0.4, -0.2) is 6.29 Å². The molecule has 0 spiro atoms. The molecular formula is C16H15NO. The molecule has 0 aliphatic heterocycles. The fourth-order valence-electron chi connectivity index (χ4n) is 2.02. The summed E-state index contributed by atoms with van der Waals surface area (Å²) in [6.07, 6.45) is 2.63. The zero-order valence-electron chi connectivity index (χ0n) is 10.3. The van der Waals surface area contributed by atoms with Crippen molar-refractivity contribution in [3.63, 3.8) is 0 Å². The van der Waals surface area contributed by atoms with Crippen molar-refractivity contribution < 1.29 is 4.79 Å². The standard InChI is InChI=1S/C16H15NO/c1-3-12-8-11(2)4-6-15(12)16-7-5-14(17)9-13(16)10-18/h3-10H,1,17H2,2H3. The van der Waals surface area contributed by atoms with Gasteiger partial charge in [-0.25, -0.2) is 0 Å². The van der Waals surface area contributed by atoms with Crippen LogP contribution in [0.25, 0.3) is 17.2 Å². The summed E-state index contributed by atoms with van der Waals surface area (Å²) in [6, 6.07) is 11.4. The molecule has 2 heteroatoms. The minimum Gasteiger partial charge on any atom is -0.399 e. The molecule has 0 saturated carbocycles. The Bertz CT molecular complexity index is 559. The molecule has 2 nitrogen and oxygen atoms in total. The lowest BCUT2D eigenvalue weighted by atomic mass is 9.94. The van der Waals surface area contributed by atoms with Crippen LogP contribution in [0.5, 0.6) is 0 Å². The van der Waals surface area contributed by atoms with Gasteiger partial charge < -0.3 is 5.73 Å². The Morgan fingerprint density at radius 1 is 1.06 bits per heavy atom. The van der Waals surface area contributed by atoms with Gasteiger partial charge >= 0.3 is 0 Å². The average molecular weight is 237 g/mol. The third-order valence-corrected chi connectivity index (χ3v) is 2.92. The number of hydrogen-bond donors (Lipinski definition) is 1. The molecule has 2 aromatic rings. The van der Waals surface area contributed by atoms with E-state index in [1.165, 1.54) is 0 Å². The lowest BCUT2D eigenvalue weighted by Crippen LogP contribution is -1.93. The van der Waals surface area contributed by atoms with Gasteiger partial charge in [0.25, 0.3) is 0 Å². The monoisotopic (exact) mass is 237 g/mol. The van der Waals surface area contributed by atoms with Gasteiger partial charge in [-0.15, -0.1) is 0 Å². The second-order valence-electron chi connectivity index (χ2n) is 4.26. The predicted molar refractivity (Wildman–Crippen MR) is 76.5 cm³/mol. The van der Waals surface area contributed by atoms with Crippen LogP contribution in [0.15, 0.2) is 43.0 Å². The van der Waals surface area contributed by atoms with Gasteiger partial charge in [0, 0.05) is 11.3 Å². The van der Waals surface area contributed by atoms with Crippen LogP contribution in [0.3, 0.4) is 0 Å². The molecule has 18 heavy (non-hydrogen) atoms. The highest BCUT2D eigenvalue weighted by Crippen LogP contribution is 2.29. The Morgan fingerprint density at radius 2 is 1.72 bits per heavy atom. The van der Waals surface area contributed by atoms with Gasteiger partial charge in [0.05, 0.1) is 0 Å². The van der Waals surface area contributed by atoms with Gasteiger partial charge in [0.1, 0.15) is 0 Å². The molecule has 2 aromatic carbocycles. The molecule has 2 rings (SSSR count). The topological polar surface area (TPSA) is 43.1 Å². The molecule has 0 bridgehead atoms. The maximum Gasteiger partial charge on any atom is 0.150 e. The highest BCUT2D eigenvalue weighted by Gasteiger charge is 2.08. The first-order valence-corrected chi connectivity index (χ1v) is 5.74. The Hall–Kier alpha value is -2.35. The predicted octanol–water partition coefficient (Wildman–Crippen LogP) is 3.70. The normalized spacial score (nSPS) is 10.1. The van der Waals surface area contributed by atoms with Crippen LogP contribution >= 0.6 is 0 Å². The quantitative estimate of drug-likeness (QED) is 0.653. The van der Waals surface area contributed by atoms with E-state index >= 15 is 0 Å². The summed E-state index contributed by atoms with van der Waals surface area (Å²) in [5.74, 6) is 0. The summed E-state index contributed by atoms with van der Waals surface area (Å²) in [4.78, 5) is 11.1. The van der Waals surface area contributed by atoms with Crippen molar-refractivity contribution >= 4 is 18.0 Å². The van der Waals surface area contributed by atoms with Crippen molar-refractivity contribution in [2.45, 2.75) is 6.92 Å². The average Bonchev–Trinajstić information content (AvgIpc) is 2.38. The largest absolute Gasteiger partial charge is 0.399 e. The zero-order chi connectivity index (χ0) is 13.1. The summed E-state index contributed by atoms with van der Waals surface area (Å²) in [6.45, 7) is 5.85. The van der Waals surface area contributed by atoms with Crippen molar-refractivity contribution in [3.8, 4) is 11.1 Å². The molecule has 0 aliphatic carbocycles. The van der Waals surface area contributed by atoms with E-state index in [1.54, 1.807) is 18.2 Å². The molecule has 0 fully saturated rings. The maximum absolute atomic E-state index is 11.1. The van der Waals surface area contributed by atoms with Gasteiger partial charge in [0.15, 0.2) is 6.29 Å². The Morgan fingerprint density at radius 3 is 2.39 bits per heavy atom. The third-order valence-electron chi connectivity index (χ3n) is 2.92. The smallest absolute Gasteiger partial charge is 0.150 e. The van der Waals surface area contributed by atoms with Crippen LogP contribution in [0.2, 0.25) is 0 Å². The summed E-state index contributed by atoms with van der Waals surface area (Å²) in [5, 5.41) is 0. The van der Waals surface area contributed by atoms with E-state index in [-0.39, 0.29) is 0 Å². The van der Waals surface area contributed by atoms with E-state index in [0.717, 1.165) is 28.5 Å². The van der Waals surface area contributed by atoms with Gasteiger partial charge in [0.2, 0.25) is 0 Å². The molecule has 0 atom stereocenters. The molecule has 0 aliphatic rings. The number of benzene rings is 2. The molecule has 90 valence electrons. The number of hydrogen-bond acceptors (Lipinski definition) is 2. The molecule has 0 radical (unpaired) electrons. The van der Waals surface area contributed by atoms with Crippen molar-refractivity contribution in [2.75, 3.05) is 5.73 Å². The second kappa shape index (κ2) is 4.88. The number of carbonyl (C=O) groups is 1. The van der Waals surface area contributed by atoms with Gasteiger partial charge in [-0.3, -0.25) is 4.79 Å². The number of anilines is 1. The van der Waals surface area contributed by atoms with E-state index in [9.17, 15) is 4.79 Å². The minimum absolute atomic E-state index is 0.591. The van der Waals surface area contributed by atoms with E-state index in [1.807, 2.05) is 31.2 Å².